The summed E-state index contributed by atoms with van der Waals surface area (Å²) in [5.74, 6) is 7.24. The molecule has 3 N–H and O–H groups in total. The molecule has 0 bridgehead atoms. The monoisotopic (exact) mass is 220 g/mol. The van der Waals surface area contributed by atoms with Crippen molar-refractivity contribution in [2.24, 2.45) is 5.84 Å². The normalized spacial score (nSPS) is 15.8. The molecule has 0 saturated carbocycles. The van der Waals surface area contributed by atoms with Crippen molar-refractivity contribution in [3.05, 3.63) is 17.1 Å². The topological polar surface area (TPSA) is 63.8 Å². The van der Waals surface area contributed by atoms with E-state index in [1.165, 1.54) is 24.1 Å². The predicted molar refractivity (Wildman–Crippen MR) is 65.2 cm³/mol. The van der Waals surface area contributed by atoms with Gasteiger partial charge in [0.2, 0.25) is 0 Å². The van der Waals surface area contributed by atoms with Crippen molar-refractivity contribution in [1.29, 1.82) is 0 Å². The van der Waals surface area contributed by atoms with Crippen molar-refractivity contribution in [3.8, 4) is 0 Å². The van der Waals surface area contributed by atoms with Gasteiger partial charge in [-0.25, -0.2) is 15.8 Å². The van der Waals surface area contributed by atoms with Gasteiger partial charge in [0.05, 0.1) is 0 Å². The van der Waals surface area contributed by atoms with Crippen molar-refractivity contribution >= 4 is 5.82 Å². The average Bonchev–Trinajstić information content (AvgIpc) is 2.26. The lowest BCUT2D eigenvalue weighted by Gasteiger charge is -2.23. The van der Waals surface area contributed by atoms with Crippen LogP contribution in [0.5, 0.6) is 0 Å². The van der Waals surface area contributed by atoms with Gasteiger partial charge < -0.3 is 5.43 Å². The third-order valence-corrected chi connectivity index (χ3v) is 2.99. The highest BCUT2D eigenvalue weighted by Gasteiger charge is 2.23. The van der Waals surface area contributed by atoms with Crippen molar-refractivity contribution in [3.63, 3.8) is 0 Å². The summed E-state index contributed by atoms with van der Waals surface area (Å²) in [6, 6.07) is 0. The third kappa shape index (κ3) is 2.02. The number of rotatable bonds is 1. The number of aromatic nitrogens is 2. The highest BCUT2D eigenvalue weighted by atomic mass is 15.3. The number of aryl methyl sites for hydroxylation is 1. The highest BCUT2D eigenvalue weighted by Crippen LogP contribution is 2.28. The predicted octanol–water partition coefficient (Wildman–Crippen LogP) is 1.94. The number of nitrogens with zero attached hydrogens (tertiary/aromatic N) is 2. The van der Waals surface area contributed by atoms with E-state index in [1.54, 1.807) is 0 Å². The van der Waals surface area contributed by atoms with E-state index in [-0.39, 0.29) is 5.41 Å². The maximum Gasteiger partial charge on any atom is 0.147 e. The fourth-order valence-corrected chi connectivity index (χ4v) is 2.05. The molecule has 1 heterocycles. The molecular formula is C12H20N4. The lowest BCUT2D eigenvalue weighted by molar-refractivity contribution is 0.533. The SMILES string of the molecule is CC(C)(C)c1nc2c(c(NN)n1)CCCC2. The third-order valence-electron chi connectivity index (χ3n) is 2.99. The fourth-order valence-electron chi connectivity index (χ4n) is 2.05. The van der Waals surface area contributed by atoms with E-state index in [4.69, 9.17) is 5.84 Å². The molecule has 1 aliphatic carbocycles. The molecule has 0 spiro atoms. The Labute approximate surface area is 96.6 Å². The van der Waals surface area contributed by atoms with Gasteiger partial charge in [-0.15, -0.1) is 0 Å². The molecule has 0 aromatic carbocycles. The summed E-state index contributed by atoms with van der Waals surface area (Å²) in [7, 11) is 0. The number of hydrazine groups is 1. The van der Waals surface area contributed by atoms with E-state index >= 15 is 0 Å². The summed E-state index contributed by atoms with van der Waals surface area (Å²) >= 11 is 0. The first-order valence-electron chi connectivity index (χ1n) is 5.89. The highest BCUT2D eigenvalue weighted by molar-refractivity contribution is 5.47. The lowest BCUT2D eigenvalue weighted by atomic mass is 9.92. The first kappa shape index (κ1) is 11.3. The zero-order valence-electron chi connectivity index (χ0n) is 10.3. The largest absolute Gasteiger partial charge is 0.308 e. The summed E-state index contributed by atoms with van der Waals surface area (Å²) in [5.41, 5.74) is 5.08. The number of nitrogens with two attached hydrogens (primary N) is 1. The van der Waals surface area contributed by atoms with Crippen LogP contribution in [0.1, 0.15) is 50.7 Å². The second-order valence-electron chi connectivity index (χ2n) is 5.42. The zero-order valence-corrected chi connectivity index (χ0v) is 10.3. The Morgan fingerprint density at radius 3 is 2.44 bits per heavy atom. The maximum atomic E-state index is 5.55. The molecule has 0 fully saturated rings. The molecule has 0 radical (unpaired) electrons. The first-order valence-corrected chi connectivity index (χ1v) is 5.89. The molecule has 4 nitrogen and oxygen atoms in total. The Morgan fingerprint density at radius 1 is 1.12 bits per heavy atom. The Hall–Kier alpha value is -1.16. The number of anilines is 1. The quantitative estimate of drug-likeness (QED) is 0.561. The van der Waals surface area contributed by atoms with Gasteiger partial charge in [-0.3, -0.25) is 0 Å². The standard InChI is InChI=1S/C12H20N4/c1-12(2,3)11-14-9-7-5-4-6-8(9)10(15-11)16-13/h4-7,13H2,1-3H3,(H,14,15,16). The minimum absolute atomic E-state index is 0.0297. The van der Waals surface area contributed by atoms with E-state index in [0.29, 0.717) is 0 Å². The van der Waals surface area contributed by atoms with Crippen LogP contribution in [0, 0.1) is 0 Å². The molecule has 4 heteroatoms. The van der Waals surface area contributed by atoms with Crippen LogP contribution in [0.25, 0.3) is 0 Å². The number of hydrogen-bond donors (Lipinski definition) is 2. The second kappa shape index (κ2) is 4.01. The fraction of sp³-hybridized carbons (Fsp3) is 0.667. The van der Waals surface area contributed by atoms with Crippen molar-refractivity contribution in [2.75, 3.05) is 5.43 Å². The van der Waals surface area contributed by atoms with Gasteiger partial charge in [-0.2, -0.15) is 0 Å². The van der Waals surface area contributed by atoms with Crippen LogP contribution in [0.4, 0.5) is 5.82 Å². The smallest absolute Gasteiger partial charge is 0.147 e. The van der Waals surface area contributed by atoms with E-state index in [0.717, 1.165) is 24.5 Å². The number of hydrogen-bond acceptors (Lipinski definition) is 4. The van der Waals surface area contributed by atoms with E-state index in [2.05, 4.69) is 36.2 Å². The van der Waals surface area contributed by atoms with Gasteiger partial charge in [0.1, 0.15) is 11.6 Å². The van der Waals surface area contributed by atoms with Crippen molar-refractivity contribution in [2.45, 2.75) is 51.9 Å². The molecule has 0 amide bonds. The molecule has 2 rings (SSSR count). The minimum Gasteiger partial charge on any atom is -0.308 e. The molecular weight excluding hydrogens is 200 g/mol. The minimum atomic E-state index is -0.0297. The molecule has 0 aliphatic heterocycles. The lowest BCUT2D eigenvalue weighted by Crippen LogP contribution is -2.23. The first-order chi connectivity index (χ1) is 7.52. The van der Waals surface area contributed by atoms with Crippen molar-refractivity contribution in [1.82, 2.24) is 9.97 Å². The number of fused-ring (bicyclic) bond motifs is 1. The van der Waals surface area contributed by atoms with E-state index in [1.807, 2.05) is 0 Å². The van der Waals surface area contributed by atoms with Gasteiger partial charge in [-0.05, 0) is 25.7 Å². The Kier molecular flexibility index (Phi) is 2.84. The van der Waals surface area contributed by atoms with Crippen LogP contribution in [0.3, 0.4) is 0 Å². The van der Waals surface area contributed by atoms with Crippen molar-refractivity contribution < 1.29 is 0 Å². The molecule has 0 unspecified atom stereocenters. The van der Waals surface area contributed by atoms with Crippen LogP contribution >= 0.6 is 0 Å². The summed E-state index contributed by atoms with van der Waals surface area (Å²) in [4.78, 5) is 9.22. The molecule has 88 valence electrons. The average molecular weight is 220 g/mol. The molecule has 1 aliphatic rings. The molecule has 0 saturated heterocycles. The summed E-state index contributed by atoms with van der Waals surface area (Å²) in [6.07, 6.45) is 4.52. The van der Waals surface area contributed by atoms with Gasteiger partial charge in [-0.1, -0.05) is 20.8 Å². The maximum absolute atomic E-state index is 5.55. The van der Waals surface area contributed by atoms with Gasteiger partial charge in [0.15, 0.2) is 0 Å². The van der Waals surface area contributed by atoms with Crippen LogP contribution in [-0.4, -0.2) is 9.97 Å². The summed E-state index contributed by atoms with van der Waals surface area (Å²) in [5, 5.41) is 0. The molecule has 0 atom stereocenters. The number of nitrogen functional groups attached to an aromatic ring is 1. The van der Waals surface area contributed by atoms with E-state index in [9.17, 15) is 0 Å². The van der Waals surface area contributed by atoms with Crippen LogP contribution < -0.4 is 11.3 Å². The van der Waals surface area contributed by atoms with Gasteiger partial charge in [0.25, 0.3) is 0 Å². The summed E-state index contributed by atoms with van der Waals surface area (Å²) < 4.78 is 0. The Balaban J connectivity index is 2.52. The van der Waals surface area contributed by atoms with Crippen LogP contribution in [-0.2, 0) is 18.3 Å². The Bertz CT molecular complexity index is 375. The Morgan fingerprint density at radius 2 is 1.81 bits per heavy atom. The second-order valence-corrected chi connectivity index (χ2v) is 5.42. The van der Waals surface area contributed by atoms with Gasteiger partial charge in [0, 0.05) is 16.7 Å². The number of nitrogens with one attached hydrogen (secondary N) is 1. The van der Waals surface area contributed by atoms with Crippen LogP contribution in [0.15, 0.2) is 0 Å². The summed E-state index contributed by atoms with van der Waals surface area (Å²) in [6.45, 7) is 6.37. The van der Waals surface area contributed by atoms with E-state index < -0.39 is 0 Å². The van der Waals surface area contributed by atoms with Gasteiger partial charge >= 0.3 is 0 Å². The zero-order chi connectivity index (χ0) is 11.8. The molecule has 16 heavy (non-hydrogen) atoms. The molecule has 1 aromatic heterocycles. The van der Waals surface area contributed by atoms with Crippen LogP contribution in [0.2, 0.25) is 0 Å². The molecule has 1 aromatic rings.